The number of methoxy groups -OCH3 is 1. The molecule has 0 saturated carbocycles. The van der Waals surface area contributed by atoms with Crippen molar-refractivity contribution in [3.63, 3.8) is 0 Å². The van der Waals surface area contributed by atoms with Gasteiger partial charge in [-0.3, -0.25) is 9.59 Å². The Balaban J connectivity index is 2.62. The molecule has 1 N–H and O–H groups in total. The summed E-state index contributed by atoms with van der Waals surface area (Å²) in [4.78, 5) is 23.9. The average Bonchev–Trinajstić information content (AvgIpc) is 2.53. The van der Waals surface area contributed by atoms with Gasteiger partial charge in [0, 0.05) is 18.8 Å². The summed E-state index contributed by atoms with van der Waals surface area (Å²) in [5.74, 6) is -2.05. The Morgan fingerprint density at radius 3 is 2.35 bits per heavy atom. The summed E-state index contributed by atoms with van der Waals surface area (Å²) in [7, 11) is 1.50. The second-order valence-corrected chi connectivity index (χ2v) is 4.75. The van der Waals surface area contributed by atoms with Gasteiger partial charge in [0.15, 0.2) is 0 Å². The van der Waals surface area contributed by atoms with Crippen LogP contribution >= 0.6 is 11.6 Å². The molecule has 1 rings (SSSR count). The third-order valence-electron chi connectivity index (χ3n) is 2.90. The monoisotopic (exact) mass is 352 g/mol. The lowest BCUT2D eigenvalue weighted by Crippen LogP contribution is -2.39. The third kappa shape index (κ3) is 5.97. The fraction of sp³-hybridized carbons (Fsp3) is 0.429. The van der Waals surface area contributed by atoms with Crippen LogP contribution in [-0.2, 0) is 9.59 Å². The fourth-order valence-electron chi connectivity index (χ4n) is 1.77. The van der Waals surface area contributed by atoms with Crippen molar-refractivity contribution in [3.05, 3.63) is 24.3 Å². The largest absolute Gasteiger partial charge is 0.497 e. The molecule has 0 spiro atoms. The first kappa shape index (κ1) is 19.1. The highest BCUT2D eigenvalue weighted by Crippen LogP contribution is 2.20. The summed E-state index contributed by atoms with van der Waals surface area (Å²) in [6.45, 7) is -0.0867. The summed E-state index contributed by atoms with van der Waals surface area (Å²) in [6, 6.07) is 6.57. The van der Waals surface area contributed by atoms with Crippen molar-refractivity contribution in [2.45, 2.75) is 12.6 Å². The Morgan fingerprint density at radius 1 is 1.26 bits per heavy atom. The number of rotatable bonds is 7. The first-order chi connectivity index (χ1) is 10.8. The molecular weight excluding hydrogens is 337 g/mol. The molecule has 1 aromatic rings. The Bertz CT molecular complexity index is 535. The van der Waals surface area contributed by atoms with Crippen molar-refractivity contribution < 1.29 is 27.5 Å². The van der Waals surface area contributed by atoms with E-state index in [-0.39, 0.29) is 31.3 Å². The first-order valence-electron chi connectivity index (χ1n) is 6.65. The zero-order chi connectivity index (χ0) is 17.5. The minimum atomic E-state index is -4.92. The van der Waals surface area contributed by atoms with Gasteiger partial charge in [0.05, 0.1) is 7.11 Å². The van der Waals surface area contributed by atoms with Crippen LogP contribution in [0.2, 0.25) is 0 Å². The van der Waals surface area contributed by atoms with Gasteiger partial charge in [-0.25, -0.2) is 0 Å². The number of nitrogens with one attached hydrogen (secondary N) is 1. The lowest BCUT2D eigenvalue weighted by atomic mass is 10.2. The molecule has 0 heterocycles. The van der Waals surface area contributed by atoms with Crippen LogP contribution in [0, 0.1) is 0 Å². The molecule has 0 aromatic heterocycles. The SMILES string of the molecule is COc1ccc(N(CCCNC(=O)C(F)(F)F)C(=O)CCl)cc1. The molecule has 5 nitrogen and oxygen atoms in total. The fourth-order valence-corrected chi connectivity index (χ4v) is 1.92. The number of ether oxygens (including phenoxy) is 1. The molecule has 2 amide bonds. The van der Waals surface area contributed by atoms with Crippen LogP contribution in [0.1, 0.15) is 6.42 Å². The van der Waals surface area contributed by atoms with Crippen LogP contribution in [-0.4, -0.2) is 44.1 Å². The Morgan fingerprint density at radius 2 is 1.87 bits per heavy atom. The van der Waals surface area contributed by atoms with Crippen molar-refractivity contribution in [2.24, 2.45) is 0 Å². The van der Waals surface area contributed by atoms with E-state index >= 15 is 0 Å². The third-order valence-corrected chi connectivity index (χ3v) is 3.13. The van der Waals surface area contributed by atoms with Crippen LogP contribution in [0.3, 0.4) is 0 Å². The number of anilines is 1. The molecule has 0 fully saturated rings. The number of nitrogens with zero attached hydrogens (tertiary/aromatic N) is 1. The van der Waals surface area contributed by atoms with E-state index in [0.29, 0.717) is 11.4 Å². The quantitative estimate of drug-likeness (QED) is 0.605. The Hall–Kier alpha value is -1.96. The Labute approximate surface area is 136 Å². The van der Waals surface area contributed by atoms with Gasteiger partial charge in [-0.1, -0.05) is 0 Å². The van der Waals surface area contributed by atoms with Crippen molar-refractivity contribution in [3.8, 4) is 5.75 Å². The second kappa shape index (κ2) is 8.61. The molecule has 1 aromatic carbocycles. The lowest BCUT2D eigenvalue weighted by molar-refractivity contribution is -0.173. The van der Waals surface area contributed by atoms with Crippen molar-refractivity contribution in [1.82, 2.24) is 5.32 Å². The van der Waals surface area contributed by atoms with Gasteiger partial charge in [-0.05, 0) is 30.7 Å². The molecule has 0 aliphatic carbocycles. The predicted octanol–water partition coefficient (Wildman–Crippen LogP) is 2.34. The standard InChI is InChI=1S/C14H16ClF3N2O3/c1-23-11-5-3-10(4-6-11)20(12(21)9-15)8-2-7-19-13(22)14(16,17)18/h3-6H,2,7-9H2,1H3,(H,19,22). The van der Waals surface area contributed by atoms with Crippen LogP contribution in [0.25, 0.3) is 0 Å². The van der Waals surface area contributed by atoms with Crippen LogP contribution in [0.5, 0.6) is 5.75 Å². The van der Waals surface area contributed by atoms with E-state index < -0.39 is 12.1 Å². The highest BCUT2D eigenvalue weighted by molar-refractivity contribution is 6.29. The number of hydrogen-bond acceptors (Lipinski definition) is 3. The molecular formula is C14H16ClF3N2O3. The number of halogens is 4. The Kier molecular flexibility index (Phi) is 7.15. The van der Waals surface area contributed by atoms with Crippen molar-refractivity contribution in [1.29, 1.82) is 0 Å². The van der Waals surface area contributed by atoms with E-state index in [2.05, 4.69) is 0 Å². The van der Waals surface area contributed by atoms with Gasteiger partial charge in [0.2, 0.25) is 5.91 Å². The van der Waals surface area contributed by atoms with E-state index in [1.54, 1.807) is 29.6 Å². The van der Waals surface area contributed by atoms with Gasteiger partial charge in [-0.2, -0.15) is 13.2 Å². The number of carbonyl (C=O) groups excluding carboxylic acids is 2. The minimum absolute atomic E-state index is 0.121. The minimum Gasteiger partial charge on any atom is -0.497 e. The molecule has 128 valence electrons. The van der Waals surface area contributed by atoms with E-state index in [9.17, 15) is 22.8 Å². The number of alkyl halides is 4. The summed E-state index contributed by atoms with van der Waals surface area (Å²) < 4.78 is 41.2. The number of hydrogen-bond donors (Lipinski definition) is 1. The normalized spacial score (nSPS) is 11.0. The number of carbonyl (C=O) groups is 2. The topological polar surface area (TPSA) is 58.6 Å². The number of benzene rings is 1. The molecule has 9 heteroatoms. The van der Waals surface area contributed by atoms with Gasteiger partial charge < -0.3 is 15.0 Å². The van der Waals surface area contributed by atoms with Gasteiger partial charge in [0.25, 0.3) is 0 Å². The molecule has 0 radical (unpaired) electrons. The average molecular weight is 353 g/mol. The summed E-state index contributed by atoms with van der Waals surface area (Å²) in [5.41, 5.74) is 0.540. The van der Waals surface area contributed by atoms with Crippen molar-refractivity contribution >= 4 is 29.1 Å². The molecule has 0 unspecified atom stereocenters. The van der Waals surface area contributed by atoms with E-state index in [4.69, 9.17) is 16.3 Å². The summed E-state index contributed by atoms with van der Waals surface area (Å²) >= 11 is 5.54. The molecule has 0 saturated heterocycles. The zero-order valence-electron chi connectivity index (χ0n) is 12.3. The molecule has 0 aliphatic heterocycles. The van der Waals surface area contributed by atoms with Crippen LogP contribution in [0.15, 0.2) is 24.3 Å². The molecule has 0 aliphatic rings. The van der Waals surface area contributed by atoms with Crippen molar-refractivity contribution in [2.75, 3.05) is 31.0 Å². The molecule has 0 atom stereocenters. The summed E-state index contributed by atoms with van der Waals surface area (Å²) in [6.07, 6.45) is -4.77. The van der Waals surface area contributed by atoms with E-state index in [0.717, 1.165) is 0 Å². The highest BCUT2D eigenvalue weighted by Gasteiger charge is 2.38. The molecule has 0 bridgehead atoms. The van der Waals surface area contributed by atoms with E-state index in [1.807, 2.05) is 0 Å². The maximum atomic E-state index is 12.0. The van der Waals surface area contributed by atoms with Crippen LogP contribution in [0.4, 0.5) is 18.9 Å². The maximum Gasteiger partial charge on any atom is 0.471 e. The maximum absolute atomic E-state index is 12.0. The molecule has 23 heavy (non-hydrogen) atoms. The number of amides is 2. The lowest BCUT2D eigenvalue weighted by Gasteiger charge is -2.22. The van der Waals surface area contributed by atoms with Crippen LogP contribution < -0.4 is 15.0 Å². The smallest absolute Gasteiger partial charge is 0.471 e. The highest BCUT2D eigenvalue weighted by atomic mass is 35.5. The first-order valence-corrected chi connectivity index (χ1v) is 7.18. The summed E-state index contributed by atoms with van der Waals surface area (Å²) in [5, 5.41) is 1.75. The van der Waals surface area contributed by atoms with Gasteiger partial charge in [0.1, 0.15) is 11.6 Å². The van der Waals surface area contributed by atoms with E-state index in [1.165, 1.54) is 12.0 Å². The predicted molar refractivity (Wildman–Crippen MR) is 79.7 cm³/mol. The second-order valence-electron chi connectivity index (χ2n) is 4.48. The van der Waals surface area contributed by atoms with Gasteiger partial charge >= 0.3 is 12.1 Å². The van der Waals surface area contributed by atoms with Gasteiger partial charge in [-0.15, -0.1) is 11.6 Å². The zero-order valence-corrected chi connectivity index (χ0v) is 13.1.